The van der Waals surface area contributed by atoms with Crippen LogP contribution in [0.1, 0.15) is 35.2 Å². The van der Waals surface area contributed by atoms with Gasteiger partial charge >= 0.3 is 0 Å². The summed E-state index contributed by atoms with van der Waals surface area (Å²) in [6, 6.07) is 1.82. The highest BCUT2D eigenvalue weighted by Crippen LogP contribution is 2.40. The van der Waals surface area contributed by atoms with Gasteiger partial charge in [0.25, 0.3) is 5.71 Å². The first-order chi connectivity index (χ1) is 10.7. The Morgan fingerprint density at radius 1 is 1.50 bits per heavy atom. The Morgan fingerprint density at radius 3 is 3.18 bits per heavy atom. The summed E-state index contributed by atoms with van der Waals surface area (Å²) >= 11 is 1.55. The van der Waals surface area contributed by atoms with Crippen molar-refractivity contribution in [3.63, 3.8) is 0 Å². The molecule has 1 saturated carbocycles. The molecule has 3 heterocycles. The molecule has 4 rings (SSSR count). The molecular formula is C15H14N4O2S. The average Bonchev–Trinajstić information content (AvgIpc) is 3.15. The molecule has 0 aliphatic heterocycles. The van der Waals surface area contributed by atoms with Gasteiger partial charge in [0, 0.05) is 11.3 Å². The number of nitrogens with one attached hydrogen (secondary N) is 1. The molecule has 6 nitrogen and oxygen atoms in total. The molecular weight excluding hydrogens is 300 g/mol. The molecule has 1 fully saturated rings. The van der Waals surface area contributed by atoms with Crippen molar-refractivity contribution in [1.29, 1.82) is 0 Å². The molecule has 1 aliphatic carbocycles. The lowest BCUT2D eigenvalue weighted by molar-refractivity contribution is -0.115. The third kappa shape index (κ3) is 2.59. The number of carbonyl (C=O) groups is 1. The number of hydrogen-bond donors (Lipinski definition) is 1. The third-order valence-corrected chi connectivity index (χ3v) is 4.54. The summed E-state index contributed by atoms with van der Waals surface area (Å²) in [6.07, 6.45) is 4.30. The van der Waals surface area contributed by atoms with E-state index in [1.165, 1.54) is 12.8 Å². The first-order valence-electron chi connectivity index (χ1n) is 7.15. The number of thiazole rings is 1. The van der Waals surface area contributed by atoms with Crippen molar-refractivity contribution in [3.05, 3.63) is 34.0 Å². The lowest BCUT2D eigenvalue weighted by Crippen LogP contribution is -2.14. The Hall–Kier alpha value is -2.28. The third-order valence-electron chi connectivity index (χ3n) is 3.67. The zero-order chi connectivity index (χ0) is 15.1. The van der Waals surface area contributed by atoms with E-state index in [-0.39, 0.29) is 12.3 Å². The summed E-state index contributed by atoms with van der Waals surface area (Å²) in [5.74, 6) is 0.531. The fraction of sp³-hybridized carbons (Fsp3) is 0.333. The topological polar surface area (TPSA) is 80.9 Å². The smallest absolute Gasteiger partial charge is 0.258 e. The van der Waals surface area contributed by atoms with Crippen molar-refractivity contribution in [2.75, 3.05) is 5.32 Å². The van der Waals surface area contributed by atoms with E-state index in [1.54, 1.807) is 17.5 Å². The van der Waals surface area contributed by atoms with Crippen molar-refractivity contribution < 1.29 is 9.32 Å². The minimum atomic E-state index is -0.0908. The number of hydrogen-bond acceptors (Lipinski definition) is 6. The van der Waals surface area contributed by atoms with E-state index in [0.29, 0.717) is 17.3 Å². The second-order valence-corrected chi connectivity index (χ2v) is 6.45. The Morgan fingerprint density at radius 2 is 2.36 bits per heavy atom. The normalized spacial score (nSPS) is 14.4. The fourth-order valence-electron chi connectivity index (χ4n) is 2.33. The SMILES string of the molecule is Cc1noc2ncc(NC(=O)Cc3nc(C4CC4)cs3)cc12. The lowest BCUT2D eigenvalue weighted by Gasteiger charge is -2.03. The van der Waals surface area contributed by atoms with Crippen molar-refractivity contribution >= 4 is 34.0 Å². The number of anilines is 1. The maximum atomic E-state index is 12.1. The maximum Gasteiger partial charge on any atom is 0.258 e. The van der Waals surface area contributed by atoms with Crippen LogP contribution >= 0.6 is 11.3 Å². The molecule has 7 heteroatoms. The minimum absolute atomic E-state index is 0.0908. The van der Waals surface area contributed by atoms with Gasteiger partial charge in [0.05, 0.1) is 35.1 Å². The van der Waals surface area contributed by atoms with Crippen LogP contribution < -0.4 is 5.32 Å². The standard InChI is InChI=1S/C15H14N4O2S/c1-8-11-4-10(6-16-15(11)21-19-8)17-13(20)5-14-18-12(7-22-14)9-2-3-9/h4,6-7,9H,2-3,5H2,1H3,(H,17,20). The first-order valence-corrected chi connectivity index (χ1v) is 8.03. The van der Waals surface area contributed by atoms with Gasteiger partial charge in [-0.25, -0.2) is 9.97 Å². The summed E-state index contributed by atoms with van der Waals surface area (Å²) in [4.78, 5) is 20.8. The highest BCUT2D eigenvalue weighted by atomic mass is 32.1. The highest BCUT2D eigenvalue weighted by molar-refractivity contribution is 7.09. The zero-order valence-corrected chi connectivity index (χ0v) is 12.8. The Kier molecular flexibility index (Phi) is 3.15. The van der Waals surface area contributed by atoms with Crippen LogP contribution in [0.4, 0.5) is 5.69 Å². The Bertz CT molecular complexity index is 850. The molecule has 0 spiro atoms. The van der Waals surface area contributed by atoms with Gasteiger partial charge < -0.3 is 9.84 Å². The molecule has 1 amide bonds. The van der Waals surface area contributed by atoms with Gasteiger partial charge in [0.15, 0.2) is 0 Å². The van der Waals surface area contributed by atoms with E-state index in [4.69, 9.17) is 4.52 Å². The number of aryl methyl sites for hydroxylation is 1. The molecule has 0 atom stereocenters. The Labute approximate surface area is 130 Å². The number of nitrogens with zero attached hydrogens (tertiary/aromatic N) is 3. The molecule has 0 unspecified atom stereocenters. The number of amides is 1. The molecule has 3 aromatic rings. The van der Waals surface area contributed by atoms with Gasteiger partial charge in [-0.1, -0.05) is 5.16 Å². The molecule has 0 radical (unpaired) electrons. The van der Waals surface area contributed by atoms with Crippen LogP contribution in [0.2, 0.25) is 0 Å². The molecule has 1 aliphatic rings. The molecule has 0 aromatic carbocycles. The van der Waals surface area contributed by atoms with Crippen molar-refractivity contribution in [3.8, 4) is 0 Å². The van der Waals surface area contributed by atoms with Crippen molar-refractivity contribution in [2.45, 2.75) is 32.1 Å². The van der Waals surface area contributed by atoms with E-state index in [2.05, 4.69) is 25.8 Å². The molecule has 22 heavy (non-hydrogen) atoms. The van der Waals surface area contributed by atoms with E-state index < -0.39 is 0 Å². The van der Waals surface area contributed by atoms with Crippen molar-refractivity contribution in [2.24, 2.45) is 0 Å². The van der Waals surface area contributed by atoms with Crippen LogP contribution in [0.5, 0.6) is 0 Å². The van der Waals surface area contributed by atoms with Crippen LogP contribution in [-0.4, -0.2) is 21.0 Å². The van der Waals surface area contributed by atoms with Gasteiger partial charge in [-0.05, 0) is 25.8 Å². The number of rotatable bonds is 4. The second-order valence-electron chi connectivity index (χ2n) is 5.51. The number of fused-ring (bicyclic) bond motifs is 1. The number of carbonyl (C=O) groups excluding carboxylic acids is 1. The maximum absolute atomic E-state index is 12.1. The van der Waals surface area contributed by atoms with Crippen LogP contribution in [0.15, 0.2) is 22.2 Å². The Balaban J connectivity index is 1.46. The summed E-state index contributed by atoms with van der Waals surface area (Å²) in [6.45, 7) is 1.84. The van der Waals surface area contributed by atoms with E-state index >= 15 is 0 Å². The predicted octanol–water partition coefficient (Wildman–Crippen LogP) is 3.05. The van der Waals surface area contributed by atoms with Gasteiger partial charge in [-0.15, -0.1) is 11.3 Å². The number of pyridine rings is 1. The van der Waals surface area contributed by atoms with E-state index in [1.807, 2.05) is 13.0 Å². The predicted molar refractivity (Wildman–Crippen MR) is 83.0 cm³/mol. The molecule has 112 valence electrons. The molecule has 0 saturated heterocycles. The van der Waals surface area contributed by atoms with Crippen LogP contribution in [0.25, 0.3) is 11.1 Å². The summed E-state index contributed by atoms with van der Waals surface area (Å²) < 4.78 is 5.05. The summed E-state index contributed by atoms with van der Waals surface area (Å²) in [7, 11) is 0. The first kappa shape index (κ1) is 13.4. The fourth-order valence-corrected chi connectivity index (χ4v) is 3.20. The largest absolute Gasteiger partial charge is 0.336 e. The zero-order valence-electron chi connectivity index (χ0n) is 12.0. The average molecular weight is 314 g/mol. The van der Waals surface area contributed by atoms with Crippen LogP contribution in [0.3, 0.4) is 0 Å². The molecule has 0 bridgehead atoms. The quantitative estimate of drug-likeness (QED) is 0.800. The van der Waals surface area contributed by atoms with E-state index in [0.717, 1.165) is 21.8 Å². The summed E-state index contributed by atoms with van der Waals surface area (Å²) in [5.41, 5.74) is 3.01. The van der Waals surface area contributed by atoms with Crippen LogP contribution in [0, 0.1) is 6.92 Å². The molecule has 1 N–H and O–H groups in total. The monoisotopic (exact) mass is 314 g/mol. The van der Waals surface area contributed by atoms with Gasteiger partial charge in [-0.2, -0.15) is 0 Å². The van der Waals surface area contributed by atoms with Gasteiger partial charge in [0.1, 0.15) is 5.01 Å². The van der Waals surface area contributed by atoms with Gasteiger partial charge in [0.2, 0.25) is 5.91 Å². The lowest BCUT2D eigenvalue weighted by atomic mass is 10.2. The summed E-state index contributed by atoms with van der Waals surface area (Å²) in [5, 5.41) is 10.4. The van der Waals surface area contributed by atoms with Gasteiger partial charge in [-0.3, -0.25) is 4.79 Å². The highest BCUT2D eigenvalue weighted by Gasteiger charge is 2.26. The van der Waals surface area contributed by atoms with Crippen molar-refractivity contribution in [1.82, 2.24) is 15.1 Å². The molecule has 3 aromatic heterocycles. The number of aromatic nitrogens is 3. The minimum Gasteiger partial charge on any atom is -0.336 e. The van der Waals surface area contributed by atoms with Crippen LogP contribution in [-0.2, 0) is 11.2 Å². The second kappa shape index (κ2) is 5.17. The van der Waals surface area contributed by atoms with E-state index in [9.17, 15) is 4.79 Å².